The summed E-state index contributed by atoms with van der Waals surface area (Å²) in [5.41, 5.74) is 3.51. The van der Waals surface area contributed by atoms with Crippen LogP contribution >= 0.6 is 34.7 Å². The Bertz CT molecular complexity index is 1860. The molecule has 3 heterocycles. The Morgan fingerprint density at radius 1 is 1.00 bits per heavy atom. The Balaban J connectivity index is 1.28. The lowest BCUT2D eigenvalue weighted by Gasteiger charge is -2.20. The highest BCUT2D eigenvalue weighted by atomic mass is 35.5. The van der Waals surface area contributed by atoms with E-state index in [1.807, 2.05) is 55.5 Å². The highest BCUT2D eigenvalue weighted by Crippen LogP contribution is 2.44. The third-order valence-corrected chi connectivity index (χ3v) is 9.51. The lowest BCUT2D eigenvalue weighted by molar-refractivity contribution is -0.132. The van der Waals surface area contributed by atoms with Crippen LogP contribution in [0.3, 0.4) is 0 Å². The first-order chi connectivity index (χ1) is 21.3. The number of benzene rings is 3. The Morgan fingerprint density at radius 2 is 1.75 bits per heavy atom. The topological polar surface area (TPSA) is 106 Å². The molecule has 1 saturated heterocycles. The molecule has 0 aliphatic carbocycles. The first kappa shape index (κ1) is 29.7. The van der Waals surface area contributed by atoms with Gasteiger partial charge in [0, 0.05) is 16.3 Å². The number of furan rings is 1. The molecule has 0 spiro atoms. The molecule has 1 aliphatic rings. The number of amides is 1. The molecule has 1 N–H and O–H groups in total. The standard InChI is InChI=1S/C33H26ClN3O5S2/c1-19-5-3-4-6-23(19)17-41-25-14-10-22(11-15-25)29(38)27-28(26-16-7-20(2)42-26)37(31(40)30(27)39)32-35-36-33(44-32)43-18-21-8-12-24(34)13-9-21/h3-16,28,38H,17-18H2,1-2H3. The van der Waals surface area contributed by atoms with Gasteiger partial charge in [-0.25, -0.2) is 0 Å². The molecule has 44 heavy (non-hydrogen) atoms. The van der Waals surface area contributed by atoms with Crippen molar-refractivity contribution in [1.82, 2.24) is 10.2 Å². The fraction of sp³-hybridized carbons (Fsp3) is 0.152. The van der Waals surface area contributed by atoms with E-state index in [0.717, 1.165) is 16.7 Å². The summed E-state index contributed by atoms with van der Waals surface area (Å²) in [6.45, 7) is 4.18. The maximum atomic E-state index is 13.5. The molecule has 2 aromatic heterocycles. The number of anilines is 1. The number of carbonyl (C=O) groups is 2. The van der Waals surface area contributed by atoms with Gasteiger partial charge in [-0.1, -0.05) is 71.1 Å². The molecule has 1 unspecified atom stereocenters. The second kappa shape index (κ2) is 12.7. The number of aliphatic hydroxyl groups excluding tert-OH is 1. The van der Waals surface area contributed by atoms with Crippen LogP contribution in [0.5, 0.6) is 5.75 Å². The number of hydrogen-bond acceptors (Lipinski definition) is 9. The molecule has 5 aromatic rings. The van der Waals surface area contributed by atoms with Crippen molar-refractivity contribution in [2.24, 2.45) is 0 Å². The van der Waals surface area contributed by atoms with E-state index < -0.39 is 17.7 Å². The number of thioether (sulfide) groups is 1. The molecular formula is C33H26ClN3O5S2. The van der Waals surface area contributed by atoms with Gasteiger partial charge in [0.05, 0.1) is 5.57 Å². The SMILES string of the molecule is Cc1ccc(C2C(=C(O)c3ccc(OCc4ccccc4C)cc3)C(=O)C(=O)N2c2nnc(SCc3ccc(Cl)cc3)s2)o1. The van der Waals surface area contributed by atoms with Crippen LogP contribution in [0.25, 0.3) is 5.76 Å². The third kappa shape index (κ3) is 6.14. The lowest BCUT2D eigenvalue weighted by Crippen LogP contribution is -2.29. The highest BCUT2D eigenvalue weighted by molar-refractivity contribution is 8.00. The molecule has 6 rings (SSSR count). The van der Waals surface area contributed by atoms with Crippen molar-refractivity contribution in [2.75, 3.05) is 4.90 Å². The number of aliphatic hydroxyl groups is 1. The molecule has 1 aliphatic heterocycles. The number of rotatable bonds is 9. The molecule has 0 radical (unpaired) electrons. The van der Waals surface area contributed by atoms with Crippen molar-refractivity contribution in [3.63, 3.8) is 0 Å². The van der Waals surface area contributed by atoms with Gasteiger partial charge in [0.15, 0.2) is 4.34 Å². The highest BCUT2D eigenvalue weighted by Gasteiger charge is 2.49. The third-order valence-electron chi connectivity index (χ3n) is 7.14. The van der Waals surface area contributed by atoms with Crippen molar-refractivity contribution in [3.8, 4) is 5.75 Å². The van der Waals surface area contributed by atoms with Crippen LogP contribution in [-0.2, 0) is 21.9 Å². The van der Waals surface area contributed by atoms with Crippen molar-refractivity contribution >= 4 is 57.3 Å². The van der Waals surface area contributed by atoms with E-state index in [0.29, 0.717) is 44.6 Å². The first-order valence-electron chi connectivity index (χ1n) is 13.6. The predicted molar refractivity (Wildman–Crippen MR) is 171 cm³/mol. The smallest absolute Gasteiger partial charge is 0.302 e. The van der Waals surface area contributed by atoms with Gasteiger partial charge in [-0.15, -0.1) is 10.2 Å². The average Bonchev–Trinajstić information content (AvgIpc) is 3.74. The summed E-state index contributed by atoms with van der Waals surface area (Å²) in [6.07, 6.45) is 0. The summed E-state index contributed by atoms with van der Waals surface area (Å²) >= 11 is 8.63. The van der Waals surface area contributed by atoms with E-state index in [4.69, 9.17) is 20.8 Å². The zero-order valence-electron chi connectivity index (χ0n) is 23.7. The predicted octanol–water partition coefficient (Wildman–Crippen LogP) is 7.90. The van der Waals surface area contributed by atoms with Gasteiger partial charge in [-0.2, -0.15) is 0 Å². The minimum atomic E-state index is -1.03. The number of ether oxygens (including phenoxy) is 1. The van der Waals surface area contributed by atoms with Gasteiger partial charge in [-0.05, 0) is 79.1 Å². The molecular weight excluding hydrogens is 618 g/mol. The van der Waals surface area contributed by atoms with E-state index >= 15 is 0 Å². The Hall–Kier alpha value is -4.38. The number of ketones is 1. The van der Waals surface area contributed by atoms with Gasteiger partial charge in [0.1, 0.15) is 35.7 Å². The normalized spacial score (nSPS) is 16.1. The van der Waals surface area contributed by atoms with Crippen LogP contribution in [0.2, 0.25) is 5.02 Å². The Labute approximate surface area is 267 Å². The van der Waals surface area contributed by atoms with Crippen LogP contribution < -0.4 is 9.64 Å². The lowest BCUT2D eigenvalue weighted by atomic mass is 9.99. The summed E-state index contributed by atoms with van der Waals surface area (Å²) in [5, 5.41) is 20.8. The maximum Gasteiger partial charge on any atom is 0.302 e. The van der Waals surface area contributed by atoms with Crippen molar-refractivity contribution < 1.29 is 23.8 Å². The van der Waals surface area contributed by atoms with E-state index in [9.17, 15) is 14.7 Å². The molecule has 11 heteroatoms. The van der Waals surface area contributed by atoms with Crippen molar-refractivity contribution in [2.45, 2.75) is 36.6 Å². The van der Waals surface area contributed by atoms with Gasteiger partial charge < -0.3 is 14.3 Å². The molecule has 3 aromatic carbocycles. The van der Waals surface area contributed by atoms with Crippen molar-refractivity contribution in [1.29, 1.82) is 0 Å². The Morgan fingerprint density at radius 3 is 2.45 bits per heavy atom. The quantitative estimate of drug-likeness (QED) is 0.0568. The van der Waals surface area contributed by atoms with E-state index in [1.165, 1.54) is 28.0 Å². The number of Topliss-reactive ketones (excluding diaryl/α,β-unsaturated/α-hetero) is 1. The second-order valence-electron chi connectivity index (χ2n) is 10.1. The van der Waals surface area contributed by atoms with Gasteiger partial charge >= 0.3 is 5.91 Å². The average molecular weight is 644 g/mol. The van der Waals surface area contributed by atoms with E-state index in [-0.39, 0.29) is 16.5 Å². The van der Waals surface area contributed by atoms with Crippen LogP contribution in [-0.4, -0.2) is 27.0 Å². The molecule has 1 fully saturated rings. The van der Waals surface area contributed by atoms with E-state index in [1.54, 1.807) is 43.3 Å². The van der Waals surface area contributed by atoms with Crippen molar-refractivity contribution in [3.05, 3.63) is 129 Å². The number of halogens is 1. The summed E-state index contributed by atoms with van der Waals surface area (Å²) in [6, 6.07) is 24.6. The molecule has 0 saturated carbocycles. The maximum absolute atomic E-state index is 13.5. The van der Waals surface area contributed by atoms with Gasteiger partial charge in [-0.3, -0.25) is 14.5 Å². The monoisotopic (exact) mass is 643 g/mol. The van der Waals surface area contributed by atoms with Crippen LogP contribution in [0.4, 0.5) is 5.13 Å². The fourth-order valence-corrected chi connectivity index (χ4v) is 6.73. The molecule has 1 amide bonds. The van der Waals surface area contributed by atoms with Gasteiger partial charge in [0.25, 0.3) is 5.78 Å². The second-order valence-corrected chi connectivity index (χ2v) is 12.7. The van der Waals surface area contributed by atoms with Crippen LogP contribution in [0.15, 0.2) is 99.3 Å². The zero-order chi connectivity index (χ0) is 30.8. The van der Waals surface area contributed by atoms with Crippen LogP contribution in [0, 0.1) is 13.8 Å². The Kier molecular flexibility index (Phi) is 8.56. The number of aromatic nitrogens is 2. The fourth-order valence-electron chi connectivity index (χ4n) is 4.78. The number of hydrogen-bond donors (Lipinski definition) is 1. The summed E-state index contributed by atoms with van der Waals surface area (Å²) in [4.78, 5) is 28.2. The summed E-state index contributed by atoms with van der Waals surface area (Å²) < 4.78 is 12.4. The number of carbonyl (C=O) groups excluding carboxylic acids is 2. The van der Waals surface area contributed by atoms with E-state index in [2.05, 4.69) is 10.2 Å². The zero-order valence-corrected chi connectivity index (χ0v) is 26.1. The molecule has 1 atom stereocenters. The minimum absolute atomic E-state index is 0.0940. The summed E-state index contributed by atoms with van der Waals surface area (Å²) in [7, 11) is 0. The largest absolute Gasteiger partial charge is 0.507 e. The number of aryl methyl sites for hydroxylation is 2. The minimum Gasteiger partial charge on any atom is -0.507 e. The first-order valence-corrected chi connectivity index (χ1v) is 15.8. The van der Waals surface area contributed by atoms with Gasteiger partial charge in [0.2, 0.25) is 5.13 Å². The summed E-state index contributed by atoms with van der Waals surface area (Å²) in [5.74, 6) is 0.152. The van der Waals surface area contributed by atoms with Crippen LogP contribution in [0.1, 0.15) is 39.8 Å². The molecule has 222 valence electrons. The molecule has 8 nitrogen and oxygen atoms in total. The molecule has 0 bridgehead atoms. The number of nitrogens with zero attached hydrogens (tertiary/aromatic N) is 3.